The van der Waals surface area contributed by atoms with Crippen molar-refractivity contribution in [1.82, 2.24) is 14.6 Å². The van der Waals surface area contributed by atoms with Gasteiger partial charge in [-0.1, -0.05) is 20.8 Å². The van der Waals surface area contributed by atoms with Crippen molar-refractivity contribution in [3.8, 4) is 0 Å². The van der Waals surface area contributed by atoms with Gasteiger partial charge in [0.1, 0.15) is 0 Å². The number of hydrogen-bond donors (Lipinski definition) is 2. The fourth-order valence-corrected chi connectivity index (χ4v) is 3.87. The SMILES string of the molecule is CCNCc1cc(S(=O)(=O)N2CCC(C)(C)CC2)c[nH]1. The number of aromatic amines is 1. The van der Waals surface area contributed by atoms with Crippen LogP contribution in [0.15, 0.2) is 17.2 Å². The fraction of sp³-hybridized carbons (Fsp3) is 0.714. The van der Waals surface area contributed by atoms with Crippen LogP contribution >= 0.6 is 0 Å². The molecule has 1 aromatic heterocycles. The Morgan fingerprint density at radius 3 is 2.60 bits per heavy atom. The Kier molecular flexibility index (Phi) is 4.56. The van der Waals surface area contributed by atoms with Crippen molar-refractivity contribution in [2.45, 2.75) is 45.1 Å². The highest BCUT2D eigenvalue weighted by Crippen LogP contribution is 2.32. The lowest BCUT2D eigenvalue weighted by atomic mass is 9.83. The van der Waals surface area contributed by atoms with E-state index in [0.717, 1.165) is 25.1 Å². The molecule has 0 spiro atoms. The van der Waals surface area contributed by atoms with E-state index in [1.807, 2.05) is 6.92 Å². The summed E-state index contributed by atoms with van der Waals surface area (Å²) < 4.78 is 26.8. The molecule has 20 heavy (non-hydrogen) atoms. The van der Waals surface area contributed by atoms with E-state index in [2.05, 4.69) is 24.1 Å². The van der Waals surface area contributed by atoms with E-state index in [-0.39, 0.29) is 5.41 Å². The molecule has 6 heteroatoms. The fourth-order valence-electron chi connectivity index (χ4n) is 2.41. The van der Waals surface area contributed by atoms with Gasteiger partial charge >= 0.3 is 0 Å². The predicted molar refractivity (Wildman–Crippen MR) is 79.9 cm³/mol. The highest BCUT2D eigenvalue weighted by atomic mass is 32.2. The maximum atomic E-state index is 12.6. The third-order valence-corrected chi connectivity index (χ3v) is 5.87. The van der Waals surface area contributed by atoms with Crippen LogP contribution < -0.4 is 5.32 Å². The molecular formula is C14H25N3O2S. The van der Waals surface area contributed by atoms with Gasteiger partial charge in [0.15, 0.2) is 0 Å². The van der Waals surface area contributed by atoms with E-state index in [9.17, 15) is 8.42 Å². The minimum absolute atomic E-state index is 0.250. The number of piperidine rings is 1. The quantitative estimate of drug-likeness (QED) is 0.873. The highest BCUT2D eigenvalue weighted by Gasteiger charge is 2.33. The van der Waals surface area contributed by atoms with Gasteiger partial charge in [-0.2, -0.15) is 4.31 Å². The second kappa shape index (κ2) is 5.87. The van der Waals surface area contributed by atoms with E-state index in [0.29, 0.717) is 24.5 Å². The summed E-state index contributed by atoms with van der Waals surface area (Å²) in [4.78, 5) is 3.41. The Labute approximate surface area is 121 Å². The van der Waals surface area contributed by atoms with E-state index in [1.54, 1.807) is 16.6 Å². The molecule has 0 saturated carbocycles. The molecule has 0 bridgehead atoms. The zero-order valence-electron chi connectivity index (χ0n) is 12.6. The van der Waals surface area contributed by atoms with Crippen molar-refractivity contribution < 1.29 is 8.42 Å². The number of sulfonamides is 1. The van der Waals surface area contributed by atoms with Gasteiger partial charge in [-0.15, -0.1) is 0 Å². The van der Waals surface area contributed by atoms with Gasteiger partial charge in [-0.25, -0.2) is 8.42 Å². The van der Waals surface area contributed by atoms with Gasteiger partial charge in [0.25, 0.3) is 0 Å². The smallest absolute Gasteiger partial charge is 0.244 e. The topological polar surface area (TPSA) is 65.2 Å². The first-order chi connectivity index (χ1) is 9.35. The summed E-state index contributed by atoms with van der Waals surface area (Å²) in [7, 11) is -3.34. The zero-order chi connectivity index (χ0) is 14.8. The maximum absolute atomic E-state index is 12.6. The number of nitrogens with one attached hydrogen (secondary N) is 2. The molecule has 2 heterocycles. The van der Waals surface area contributed by atoms with Crippen molar-refractivity contribution in [3.63, 3.8) is 0 Å². The van der Waals surface area contributed by atoms with Crippen LogP contribution in [-0.4, -0.2) is 37.3 Å². The van der Waals surface area contributed by atoms with Crippen LogP contribution in [0, 0.1) is 5.41 Å². The van der Waals surface area contributed by atoms with Crippen LogP contribution in [0.1, 0.15) is 39.3 Å². The lowest BCUT2D eigenvalue weighted by Crippen LogP contribution is -2.40. The van der Waals surface area contributed by atoms with Crippen LogP contribution in [0.5, 0.6) is 0 Å². The molecule has 5 nitrogen and oxygen atoms in total. The number of nitrogens with zero attached hydrogens (tertiary/aromatic N) is 1. The molecule has 0 aliphatic carbocycles. The highest BCUT2D eigenvalue weighted by molar-refractivity contribution is 7.89. The lowest BCUT2D eigenvalue weighted by Gasteiger charge is -2.35. The Morgan fingerprint density at radius 1 is 1.35 bits per heavy atom. The molecule has 0 unspecified atom stereocenters. The molecule has 2 N–H and O–H groups in total. The van der Waals surface area contributed by atoms with Gasteiger partial charge in [0, 0.05) is 31.5 Å². The van der Waals surface area contributed by atoms with Gasteiger partial charge in [0.2, 0.25) is 10.0 Å². The monoisotopic (exact) mass is 299 g/mol. The summed E-state index contributed by atoms with van der Waals surface area (Å²) in [6.07, 6.45) is 3.43. The summed E-state index contributed by atoms with van der Waals surface area (Å²) >= 11 is 0. The number of hydrogen-bond acceptors (Lipinski definition) is 3. The van der Waals surface area contributed by atoms with E-state index in [1.165, 1.54) is 0 Å². The van der Waals surface area contributed by atoms with Crippen molar-refractivity contribution in [2.75, 3.05) is 19.6 Å². The van der Waals surface area contributed by atoms with Gasteiger partial charge < -0.3 is 10.3 Å². The van der Waals surface area contributed by atoms with Crippen molar-refractivity contribution in [3.05, 3.63) is 18.0 Å². The molecular weight excluding hydrogens is 274 g/mol. The van der Waals surface area contributed by atoms with Crippen molar-refractivity contribution in [2.24, 2.45) is 5.41 Å². The number of aromatic nitrogens is 1. The Balaban J connectivity index is 2.08. The van der Waals surface area contributed by atoms with Gasteiger partial charge in [-0.05, 0) is 30.9 Å². The molecule has 0 aromatic carbocycles. The lowest BCUT2D eigenvalue weighted by molar-refractivity contribution is 0.196. The molecule has 1 saturated heterocycles. The van der Waals surface area contributed by atoms with Crippen LogP contribution in [0.25, 0.3) is 0 Å². The average Bonchev–Trinajstić information content (AvgIpc) is 2.85. The van der Waals surface area contributed by atoms with E-state index < -0.39 is 10.0 Å². The first-order valence-electron chi connectivity index (χ1n) is 7.23. The normalized spacial score (nSPS) is 20.1. The Bertz CT molecular complexity index is 539. The molecule has 1 aliphatic heterocycles. The largest absolute Gasteiger partial charge is 0.363 e. The van der Waals surface area contributed by atoms with E-state index in [4.69, 9.17) is 0 Å². The number of rotatable bonds is 5. The maximum Gasteiger partial charge on any atom is 0.244 e. The molecule has 2 rings (SSSR count). The Hall–Kier alpha value is -0.850. The summed E-state index contributed by atoms with van der Waals surface area (Å²) in [6.45, 7) is 9.17. The molecule has 1 aliphatic rings. The van der Waals surface area contributed by atoms with Crippen LogP contribution in [0.3, 0.4) is 0 Å². The molecule has 0 radical (unpaired) electrons. The predicted octanol–water partition coefficient (Wildman–Crippen LogP) is 1.93. The number of H-pyrrole nitrogens is 1. The minimum atomic E-state index is -3.34. The third-order valence-electron chi connectivity index (χ3n) is 4.00. The first kappa shape index (κ1) is 15.5. The van der Waals surface area contributed by atoms with Gasteiger partial charge in [0.05, 0.1) is 4.90 Å². The van der Waals surface area contributed by atoms with Crippen LogP contribution in [0.2, 0.25) is 0 Å². The molecule has 114 valence electrons. The summed E-state index contributed by atoms with van der Waals surface area (Å²) in [5.41, 5.74) is 1.16. The van der Waals surface area contributed by atoms with Crippen molar-refractivity contribution >= 4 is 10.0 Å². The second-order valence-corrected chi connectivity index (χ2v) is 8.15. The first-order valence-corrected chi connectivity index (χ1v) is 8.67. The standard InChI is InChI=1S/C14H25N3O2S/c1-4-15-10-12-9-13(11-16-12)20(18,19)17-7-5-14(2,3)6-8-17/h9,11,15-16H,4-8,10H2,1-3H3. The van der Waals surface area contributed by atoms with Crippen LogP contribution in [-0.2, 0) is 16.6 Å². The van der Waals surface area contributed by atoms with Gasteiger partial charge in [-0.3, -0.25) is 0 Å². The van der Waals surface area contributed by atoms with Crippen molar-refractivity contribution in [1.29, 1.82) is 0 Å². The third kappa shape index (κ3) is 3.42. The molecule has 0 amide bonds. The minimum Gasteiger partial charge on any atom is -0.363 e. The average molecular weight is 299 g/mol. The molecule has 1 aromatic rings. The summed E-state index contributed by atoms with van der Waals surface area (Å²) in [5, 5.41) is 3.18. The summed E-state index contributed by atoms with van der Waals surface area (Å²) in [5.74, 6) is 0. The summed E-state index contributed by atoms with van der Waals surface area (Å²) in [6, 6.07) is 1.73. The zero-order valence-corrected chi connectivity index (χ0v) is 13.4. The van der Waals surface area contributed by atoms with Crippen LogP contribution in [0.4, 0.5) is 0 Å². The second-order valence-electron chi connectivity index (χ2n) is 6.21. The Morgan fingerprint density at radius 2 is 2.00 bits per heavy atom. The molecule has 0 atom stereocenters. The molecule has 1 fully saturated rings. The van der Waals surface area contributed by atoms with E-state index >= 15 is 0 Å².